The predicted molar refractivity (Wildman–Crippen MR) is 142 cm³/mol. The molecule has 1 N–H and O–H groups in total. The number of nitrogens with one attached hydrogen (secondary N) is 1. The molecule has 0 spiro atoms. The number of ether oxygens (including phenoxy) is 4. The Morgan fingerprint density at radius 3 is 2.32 bits per heavy atom. The summed E-state index contributed by atoms with van der Waals surface area (Å²) in [6.07, 6.45) is 1.19. The van der Waals surface area contributed by atoms with Crippen molar-refractivity contribution in [3.8, 4) is 23.0 Å². The molecule has 200 valence electrons. The van der Waals surface area contributed by atoms with E-state index in [1.54, 1.807) is 45.5 Å². The number of nitrogens with zero attached hydrogens (tertiary/aromatic N) is 2. The third kappa shape index (κ3) is 5.44. The highest BCUT2D eigenvalue weighted by Crippen LogP contribution is 2.41. The molecule has 2 amide bonds. The number of carbonyl (C=O) groups is 1. The number of carbonyl (C=O) groups excluding carboxylic acids is 1. The summed E-state index contributed by atoms with van der Waals surface area (Å²) in [5.41, 5.74) is 3.42. The van der Waals surface area contributed by atoms with Gasteiger partial charge < -0.3 is 29.2 Å². The van der Waals surface area contributed by atoms with Crippen LogP contribution < -0.4 is 24.3 Å². The van der Waals surface area contributed by atoms with E-state index >= 15 is 0 Å². The number of hydrogen-bond donors (Lipinski definition) is 1. The van der Waals surface area contributed by atoms with Gasteiger partial charge in [-0.2, -0.15) is 0 Å². The molecule has 10 heteroatoms. The maximum atomic E-state index is 13.5. The van der Waals surface area contributed by atoms with Crippen molar-refractivity contribution in [1.82, 2.24) is 10.2 Å². The second-order valence-electron chi connectivity index (χ2n) is 8.78. The van der Waals surface area contributed by atoms with E-state index in [2.05, 4.69) is 5.32 Å². The van der Waals surface area contributed by atoms with Crippen LogP contribution in [0, 0.1) is 10.1 Å². The molecular weight excluding hydrogens is 490 g/mol. The number of non-ortho nitro benzene ring substituents is 1. The van der Waals surface area contributed by atoms with Crippen LogP contribution >= 0.6 is 0 Å². The molecule has 3 aromatic carbocycles. The van der Waals surface area contributed by atoms with Crippen LogP contribution in [-0.2, 0) is 12.8 Å². The maximum absolute atomic E-state index is 13.5. The van der Waals surface area contributed by atoms with Gasteiger partial charge in [0, 0.05) is 25.2 Å². The first-order chi connectivity index (χ1) is 18.4. The molecule has 3 aromatic rings. The van der Waals surface area contributed by atoms with Crippen molar-refractivity contribution in [2.75, 3.05) is 41.5 Å². The molecule has 0 saturated carbocycles. The number of benzene rings is 3. The molecular formula is C28H31N3O7. The normalized spacial score (nSPS) is 14.3. The number of methoxy groups -OCH3 is 4. The van der Waals surface area contributed by atoms with Crippen LogP contribution in [0.3, 0.4) is 0 Å². The number of hydrogen-bond acceptors (Lipinski definition) is 7. The Morgan fingerprint density at radius 1 is 0.947 bits per heavy atom. The fourth-order valence-electron chi connectivity index (χ4n) is 4.78. The van der Waals surface area contributed by atoms with Crippen LogP contribution in [0.5, 0.6) is 23.0 Å². The first kappa shape index (κ1) is 26.6. The van der Waals surface area contributed by atoms with E-state index in [1.807, 2.05) is 30.3 Å². The van der Waals surface area contributed by atoms with Crippen LogP contribution in [0.1, 0.15) is 28.3 Å². The number of fused-ring (bicyclic) bond motifs is 1. The molecule has 0 aromatic heterocycles. The summed E-state index contributed by atoms with van der Waals surface area (Å²) in [6.45, 7) is 0.823. The van der Waals surface area contributed by atoms with Crippen LogP contribution in [0.2, 0.25) is 0 Å². The quantitative estimate of drug-likeness (QED) is 0.325. The zero-order valence-electron chi connectivity index (χ0n) is 21.9. The summed E-state index contributed by atoms with van der Waals surface area (Å²) in [4.78, 5) is 26.3. The molecule has 1 atom stereocenters. The molecule has 1 heterocycles. The Bertz CT molecular complexity index is 1330. The zero-order valence-corrected chi connectivity index (χ0v) is 21.9. The van der Waals surface area contributed by atoms with Crippen molar-refractivity contribution in [3.63, 3.8) is 0 Å². The fraction of sp³-hybridized carbons (Fsp3) is 0.321. The molecule has 0 bridgehead atoms. The molecule has 0 saturated heterocycles. The number of urea groups is 1. The van der Waals surface area contributed by atoms with Gasteiger partial charge in [-0.25, -0.2) is 4.79 Å². The molecule has 0 radical (unpaired) electrons. The van der Waals surface area contributed by atoms with Gasteiger partial charge in [0.05, 0.1) is 39.4 Å². The van der Waals surface area contributed by atoms with Crippen LogP contribution in [0.15, 0.2) is 54.6 Å². The van der Waals surface area contributed by atoms with Crippen molar-refractivity contribution < 1.29 is 28.7 Å². The highest BCUT2D eigenvalue weighted by molar-refractivity contribution is 5.76. The van der Waals surface area contributed by atoms with Crippen molar-refractivity contribution in [3.05, 3.63) is 87.0 Å². The summed E-state index contributed by atoms with van der Waals surface area (Å²) in [7, 11) is 6.28. The van der Waals surface area contributed by atoms with Gasteiger partial charge in [-0.3, -0.25) is 10.1 Å². The summed E-state index contributed by atoms with van der Waals surface area (Å²) in [6, 6.07) is 15.0. The molecule has 0 fully saturated rings. The first-order valence-electron chi connectivity index (χ1n) is 12.1. The standard InChI is InChI=1S/C28H31N3O7/c1-35-23-9-8-18(14-24(23)36-2)10-12-29-28(32)30-13-11-19-16-25(37-3)26(38-4)17-22(19)27(30)20-6-5-7-21(15-20)31(33)34/h5-9,14-17,27H,10-13H2,1-4H3,(H,29,32)/t27-/m1/s1. The van der Waals surface area contributed by atoms with E-state index in [1.165, 1.54) is 12.1 Å². The topological polar surface area (TPSA) is 112 Å². The average Bonchev–Trinajstić information content (AvgIpc) is 2.95. The van der Waals surface area contributed by atoms with Gasteiger partial charge in [0.25, 0.3) is 5.69 Å². The lowest BCUT2D eigenvalue weighted by molar-refractivity contribution is -0.384. The van der Waals surface area contributed by atoms with Gasteiger partial charge in [0.15, 0.2) is 23.0 Å². The molecule has 0 aliphatic carbocycles. The zero-order chi connectivity index (χ0) is 27.2. The second kappa shape index (κ2) is 11.7. The van der Waals surface area contributed by atoms with Gasteiger partial charge in [-0.15, -0.1) is 0 Å². The van der Waals surface area contributed by atoms with Gasteiger partial charge in [-0.1, -0.05) is 18.2 Å². The van der Waals surface area contributed by atoms with Gasteiger partial charge in [0.1, 0.15) is 0 Å². The van der Waals surface area contributed by atoms with Crippen molar-refractivity contribution in [2.24, 2.45) is 0 Å². The van der Waals surface area contributed by atoms with Crippen molar-refractivity contribution in [2.45, 2.75) is 18.9 Å². The second-order valence-corrected chi connectivity index (χ2v) is 8.78. The Balaban J connectivity index is 1.61. The molecule has 38 heavy (non-hydrogen) atoms. The monoisotopic (exact) mass is 521 g/mol. The van der Waals surface area contributed by atoms with E-state index in [9.17, 15) is 14.9 Å². The minimum absolute atomic E-state index is 0.0380. The molecule has 10 nitrogen and oxygen atoms in total. The third-order valence-electron chi connectivity index (χ3n) is 6.67. The number of rotatable bonds is 9. The first-order valence-corrected chi connectivity index (χ1v) is 12.1. The average molecular weight is 522 g/mol. The lowest BCUT2D eigenvalue weighted by Gasteiger charge is -2.38. The summed E-state index contributed by atoms with van der Waals surface area (Å²) in [5, 5.41) is 14.5. The predicted octanol–water partition coefficient (Wildman–Crippen LogP) is 4.53. The number of nitro benzene ring substituents is 1. The van der Waals surface area contributed by atoms with Gasteiger partial charge in [-0.05, 0) is 59.4 Å². The number of nitro groups is 1. The highest BCUT2D eigenvalue weighted by atomic mass is 16.6. The van der Waals surface area contributed by atoms with E-state index in [0.717, 1.165) is 16.7 Å². The Labute approximate surface area is 221 Å². The fourth-order valence-corrected chi connectivity index (χ4v) is 4.78. The largest absolute Gasteiger partial charge is 0.493 e. The smallest absolute Gasteiger partial charge is 0.318 e. The molecule has 1 aliphatic rings. The summed E-state index contributed by atoms with van der Waals surface area (Å²) in [5.74, 6) is 2.38. The van der Waals surface area contributed by atoms with E-state index in [0.29, 0.717) is 54.5 Å². The van der Waals surface area contributed by atoms with Crippen LogP contribution in [0.4, 0.5) is 10.5 Å². The lowest BCUT2D eigenvalue weighted by atomic mass is 9.87. The summed E-state index contributed by atoms with van der Waals surface area (Å²) < 4.78 is 21.7. The van der Waals surface area contributed by atoms with E-state index in [-0.39, 0.29) is 11.7 Å². The maximum Gasteiger partial charge on any atom is 0.318 e. The van der Waals surface area contributed by atoms with Crippen molar-refractivity contribution in [1.29, 1.82) is 0 Å². The molecule has 4 rings (SSSR count). The van der Waals surface area contributed by atoms with Crippen LogP contribution in [-0.4, -0.2) is 57.4 Å². The van der Waals surface area contributed by atoms with Crippen LogP contribution in [0.25, 0.3) is 0 Å². The number of amides is 2. The highest BCUT2D eigenvalue weighted by Gasteiger charge is 2.34. The van der Waals surface area contributed by atoms with Crippen molar-refractivity contribution >= 4 is 11.7 Å². The van der Waals surface area contributed by atoms with Gasteiger partial charge >= 0.3 is 6.03 Å². The Morgan fingerprint density at radius 2 is 1.63 bits per heavy atom. The minimum atomic E-state index is -0.542. The third-order valence-corrected chi connectivity index (χ3v) is 6.67. The summed E-state index contributed by atoms with van der Waals surface area (Å²) >= 11 is 0. The lowest BCUT2D eigenvalue weighted by Crippen LogP contribution is -2.46. The molecule has 0 unspecified atom stereocenters. The Hall–Kier alpha value is -4.47. The van der Waals surface area contributed by atoms with E-state index in [4.69, 9.17) is 18.9 Å². The molecule has 1 aliphatic heterocycles. The van der Waals surface area contributed by atoms with E-state index < -0.39 is 11.0 Å². The Kier molecular flexibility index (Phi) is 8.20. The SMILES string of the molecule is COc1ccc(CCNC(=O)N2CCc3cc(OC)c(OC)cc3[C@H]2c2cccc([N+](=O)[O-])c2)cc1OC. The van der Waals surface area contributed by atoms with Gasteiger partial charge in [0.2, 0.25) is 0 Å². The minimum Gasteiger partial charge on any atom is -0.493 e.